The lowest BCUT2D eigenvalue weighted by Gasteiger charge is -2.32. The third kappa shape index (κ3) is 11.0. The number of anilines is 1. The third-order valence-electron chi connectivity index (χ3n) is 9.75. The van der Waals surface area contributed by atoms with Gasteiger partial charge in [-0.15, -0.1) is 0 Å². The van der Waals surface area contributed by atoms with Crippen LogP contribution in [0.5, 0.6) is 0 Å². The molecule has 0 spiro atoms. The summed E-state index contributed by atoms with van der Waals surface area (Å²) in [4.78, 5) is 38.0. The summed E-state index contributed by atoms with van der Waals surface area (Å²) in [5, 5.41) is 21.6. The van der Waals surface area contributed by atoms with E-state index in [0.717, 1.165) is 56.1 Å². The molecule has 0 unspecified atom stereocenters. The van der Waals surface area contributed by atoms with Crippen molar-refractivity contribution in [1.29, 1.82) is 0 Å². The molecule has 2 aliphatic rings. The number of rotatable bonds is 16. The third-order valence-corrected chi connectivity index (χ3v) is 11.0. The van der Waals surface area contributed by atoms with Crippen LogP contribution in [-0.4, -0.2) is 59.2 Å². The first-order valence-corrected chi connectivity index (χ1v) is 20.0. The zero-order chi connectivity index (χ0) is 37.9. The van der Waals surface area contributed by atoms with Crippen molar-refractivity contribution in [3.8, 4) is 0 Å². The van der Waals surface area contributed by atoms with Crippen LogP contribution >= 0.6 is 0 Å². The van der Waals surface area contributed by atoms with Gasteiger partial charge in [-0.2, -0.15) is 5.10 Å². The molecule has 1 aromatic heterocycles. The zero-order valence-electron chi connectivity index (χ0n) is 30.0. The number of nitrogens with zero attached hydrogens (tertiary/aromatic N) is 3. The fraction of sp³-hybridized carbons (Fsp3) is 0.410. The van der Waals surface area contributed by atoms with Crippen LogP contribution in [0.25, 0.3) is 0 Å². The van der Waals surface area contributed by atoms with E-state index < -0.39 is 32.5 Å². The van der Waals surface area contributed by atoms with Gasteiger partial charge in [0, 0.05) is 18.2 Å². The molecular weight excluding hydrogens is 713 g/mol. The Hall–Kier alpha value is -5.12. The van der Waals surface area contributed by atoms with Crippen molar-refractivity contribution in [2.24, 2.45) is 0 Å². The lowest BCUT2D eigenvalue weighted by Crippen LogP contribution is -2.48. The molecular formula is C39H46N6O8S. The highest BCUT2D eigenvalue weighted by molar-refractivity contribution is 7.91. The lowest BCUT2D eigenvalue weighted by atomic mass is 9.92. The van der Waals surface area contributed by atoms with Gasteiger partial charge in [-0.1, -0.05) is 98.5 Å². The molecule has 3 aromatic carbocycles. The number of hydrogen-bond donors (Lipinski definition) is 3. The van der Waals surface area contributed by atoms with Gasteiger partial charge in [0.2, 0.25) is 15.9 Å². The number of nitrogens with one attached hydrogen (secondary N) is 3. The van der Waals surface area contributed by atoms with Gasteiger partial charge >= 0.3 is 0 Å². The molecule has 2 amide bonds. The van der Waals surface area contributed by atoms with Gasteiger partial charge in [-0.05, 0) is 42.4 Å². The Labute approximate surface area is 314 Å². The zero-order valence-corrected chi connectivity index (χ0v) is 30.8. The number of ether oxygens (including phenoxy) is 2. The summed E-state index contributed by atoms with van der Waals surface area (Å²) < 4.78 is 42.5. The van der Waals surface area contributed by atoms with Crippen LogP contribution in [-0.2, 0) is 49.8 Å². The summed E-state index contributed by atoms with van der Waals surface area (Å²) in [6, 6.07) is 25.6. The topological polar surface area (TPSA) is 184 Å². The SMILES string of the molecule is O=C(Cn1nc(NS(=O)(=O)Cc2ccc([N+](=O)[O-])cc2)cc1C(=O)N[C@H]1CCCC[C@@H]1OCc1ccccc1)N[C@H]1CCCC[C@@H]1OCc1ccccc1. The highest BCUT2D eigenvalue weighted by Gasteiger charge is 2.31. The smallest absolute Gasteiger partial charge is 0.269 e. The average Bonchev–Trinajstić information content (AvgIpc) is 3.55. The number of nitro benzene ring substituents is 1. The number of amides is 2. The molecule has 4 atom stereocenters. The summed E-state index contributed by atoms with van der Waals surface area (Å²) in [7, 11) is -4.07. The number of carbonyl (C=O) groups excluding carboxylic acids is 2. The van der Waals surface area contributed by atoms with E-state index in [-0.39, 0.29) is 48.0 Å². The number of aromatic nitrogens is 2. The van der Waals surface area contributed by atoms with Crippen molar-refractivity contribution in [2.45, 2.75) is 101 Å². The van der Waals surface area contributed by atoms with E-state index in [4.69, 9.17) is 9.47 Å². The Kier molecular flexibility index (Phi) is 13.1. The molecule has 4 aromatic rings. The fourth-order valence-electron chi connectivity index (χ4n) is 7.01. The average molecular weight is 759 g/mol. The van der Waals surface area contributed by atoms with Crippen LogP contribution in [0.1, 0.15) is 78.5 Å². The molecule has 0 radical (unpaired) electrons. The second-order valence-corrected chi connectivity index (χ2v) is 15.6. The van der Waals surface area contributed by atoms with E-state index in [1.165, 1.54) is 35.0 Å². The highest BCUT2D eigenvalue weighted by atomic mass is 32.2. The second kappa shape index (κ2) is 18.3. The van der Waals surface area contributed by atoms with Crippen molar-refractivity contribution < 1.29 is 32.4 Å². The Morgan fingerprint density at radius 1 is 0.759 bits per heavy atom. The van der Waals surface area contributed by atoms with Gasteiger partial charge in [-0.25, -0.2) is 13.1 Å². The van der Waals surface area contributed by atoms with Crippen LogP contribution in [0, 0.1) is 10.1 Å². The van der Waals surface area contributed by atoms with Crippen LogP contribution in [0.3, 0.4) is 0 Å². The quantitative estimate of drug-likeness (QED) is 0.0962. The minimum absolute atomic E-state index is 0.00564. The lowest BCUT2D eigenvalue weighted by molar-refractivity contribution is -0.384. The fourth-order valence-corrected chi connectivity index (χ4v) is 8.13. The molecule has 6 rings (SSSR count). The predicted molar refractivity (Wildman–Crippen MR) is 202 cm³/mol. The number of non-ortho nitro benzene ring substituents is 1. The molecule has 14 nitrogen and oxygen atoms in total. The van der Waals surface area contributed by atoms with E-state index in [9.17, 15) is 28.1 Å². The number of carbonyl (C=O) groups is 2. The maximum atomic E-state index is 13.9. The minimum atomic E-state index is -4.07. The van der Waals surface area contributed by atoms with Gasteiger partial charge in [0.1, 0.15) is 12.2 Å². The van der Waals surface area contributed by atoms with Gasteiger partial charge in [0.05, 0.1) is 48.2 Å². The van der Waals surface area contributed by atoms with Crippen molar-refractivity contribution >= 4 is 33.3 Å². The molecule has 0 aliphatic heterocycles. The Bertz CT molecular complexity index is 1970. The highest BCUT2D eigenvalue weighted by Crippen LogP contribution is 2.25. The van der Waals surface area contributed by atoms with Gasteiger partial charge in [0.25, 0.3) is 11.6 Å². The first-order chi connectivity index (χ1) is 26.1. The summed E-state index contributed by atoms with van der Waals surface area (Å²) in [5.74, 6) is -1.54. The van der Waals surface area contributed by atoms with E-state index >= 15 is 0 Å². The first kappa shape index (κ1) is 38.6. The van der Waals surface area contributed by atoms with Gasteiger partial charge in [-0.3, -0.25) is 24.4 Å². The maximum absolute atomic E-state index is 13.9. The summed E-state index contributed by atoms with van der Waals surface area (Å²) in [5.41, 5.74) is 2.22. The van der Waals surface area contributed by atoms with Crippen molar-refractivity contribution in [1.82, 2.24) is 20.4 Å². The molecule has 286 valence electrons. The monoisotopic (exact) mass is 758 g/mol. The van der Waals surface area contributed by atoms with Crippen LogP contribution in [0.4, 0.5) is 11.5 Å². The van der Waals surface area contributed by atoms with E-state index in [1.54, 1.807) is 0 Å². The number of hydrogen-bond acceptors (Lipinski definition) is 9. The number of nitro groups is 1. The van der Waals surface area contributed by atoms with Gasteiger partial charge in [0.15, 0.2) is 5.82 Å². The standard InChI is InChI=1S/C39H46N6O8S/c46-38(40-32-15-7-9-17-35(32)52-25-28-11-3-1-4-12-28)24-44-34(23-37(42-44)43-54(50,51)27-30-19-21-31(22-20-30)45(48)49)39(47)41-33-16-8-10-18-36(33)53-26-29-13-5-2-6-14-29/h1-6,11-14,19-23,32-33,35-36H,7-10,15-18,24-27H2,(H,40,46)(H,41,47)(H,42,43)/t32-,33-,35-,36-/m0/s1. The molecule has 3 N–H and O–H groups in total. The molecule has 2 saturated carbocycles. The number of benzene rings is 3. The molecule has 1 heterocycles. The normalized spacial score (nSPS) is 20.1. The molecule has 15 heteroatoms. The largest absolute Gasteiger partial charge is 0.371 e. The van der Waals surface area contributed by atoms with Crippen molar-refractivity contribution in [3.05, 3.63) is 123 Å². The van der Waals surface area contributed by atoms with Gasteiger partial charge < -0.3 is 20.1 Å². The molecule has 2 aliphatic carbocycles. The first-order valence-electron chi connectivity index (χ1n) is 18.3. The molecule has 0 saturated heterocycles. The van der Waals surface area contributed by atoms with E-state index in [2.05, 4.69) is 20.5 Å². The number of sulfonamides is 1. The maximum Gasteiger partial charge on any atom is 0.269 e. The molecule has 2 fully saturated rings. The minimum Gasteiger partial charge on any atom is -0.371 e. The Morgan fingerprint density at radius 3 is 1.85 bits per heavy atom. The summed E-state index contributed by atoms with van der Waals surface area (Å²) in [6.45, 7) is 0.475. The molecule has 0 bridgehead atoms. The van der Waals surface area contributed by atoms with Crippen LogP contribution < -0.4 is 15.4 Å². The molecule has 54 heavy (non-hydrogen) atoms. The van der Waals surface area contributed by atoms with E-state index in [0.29, 0.717) is 25.2 Å². The van der Waals surface area contributed by atoms with Crippen molar-refractivity contribution in [2.75, 3.05) is 4.72 Å². The summed E-state index contributed by atoms with van der Waals surface area (Å²) >= 11 is 0. The van der Waals surface area contributed by atoms with Crippen molar-refractivity contribution in [3.63, 3.8) is 0 Å². The van der Waals surface area contributed by atoms with Crippen LogP contribution in [0.15, 0.2) is 91.0 Å². The second-order valence-electron chi connectivity index (χ2n) is 13.9. The van der Waals surface area contributed by atoms with Crippen LogP contribution in [0.2, 0.25) is 0 Å². The predicted octanol–water partition coefficient (Wildman–Crippen LogP) is 5.64. The summed E-state index contributed by atoms with van der Waals surface area (Å²) in [6.07, 6.45) is 6.34. The van der Waals surface area contributed by atoms with E-state index in [1.807, 2.05) is 60.7 Å². The Balaban J connectivity index is 1.17. The Morgan fingerprint density at radius 2 is 1.30 bits per heavy atom.